The van der Waals surface area contributed by atoms with E-state index in [0.29, 0.717) is 28.3 Å². The zero-order valence-electron chi connectivity index (χ0n) is 36.5. The first-order chi connectivity index (χ1) is 30.1. The van der Waals surface area contributed by atoms with Gasteiger partial charge in [0.25, 0.3) is 0 Å². The van der Waals surface area contributed by atoms with Gasteiger partial charge in [0.15, 0.2) is 0 Å². The van der Waals surface area contributed by atoms with E-state index in [4.69, 9.17) is 16.9 Å². The van der Waals surface area contributed by atoms with E-state index >= 15 is 0 Å². The molecule has 0 fully saturated rings. The number of hydrogen-bond donors (Lipinski definition) is 0. The number of rotatable bonds is 5. The van der Waals surface area contributed by atoms with Crippen molar-refractivity contribution in [2.24, 2.45) is 0 Å². The van der Waals surface area contributed by atoms with E-state index in [9.17, 15) is 4.11 Å². The van der Waals surface area contributed by atoms with Gasteiger partial charge >= 0.3 is 0 Å². The van der Waals surface area contributed by atoms with Gasteiger partial charge in [-0.05, 0) is 57.9 Å². The van der Waals surface area contributed by atoms with Crippen LogP contribution in [0.4, 0.5) is 0 Å². The van der Waals surface area contributed by atoms with Gasteiger partial charge in [0.1, 0.15) is 5.69 Å². The Kier molecular flexibility index (Phi) is 5.39. The molecule has 0 aliphatic heterocycles. The maximum atomic E-state index is 9.56. The molecule has 8 aromatic carbocycles. The first kappa shape index (κ1) is 23.6. The highest BCUT2D eigenvalue weighted by Crippen LogP contribution is 2.44. The summed E-state index contributed by atoms with van der Waals surface area (Å²) in [6.07, 6.45) is 1.91. The van der Waals surface area contributed by atoms with Crippen molar-refractivity contribution >= 4 is 64.1 Å². The largest absolute Gasteiger partial charge is 0.309 e. The zero-order valence-corrected chi connectivity index (χ0v) is 29.3. The van der Waals surface area contributed by atoms with Crippen LogP contribution < -0.4 is 4.68 Å². The fourth-order valence-corrected chi connectivity index (χ4v) is 8.64. The Morgan fingerprint density at radius 2 is 1.37 bits per heavy atom. The molecular weight excluding hydrogens is 677 g/mol. The van der Waals surface area contributed by atoms with E-state index in [-0.39, 0.29) is 63.3 Å². The van der Waals surface area contributed by atoms with Crippen molar-refractivity contribution in [3.8, 4) is 45.1 Å². The van der Waals surface area contributed by atoms with Crippen LogP contribution >= 0.6 is 11.3 Å². The van der Waals surface area contributed by atoms with Crippen LogP contribution in [-0.4, -0.2) is 14.6 Å². The fourth-order valence-electron chi connectivity index (χ4n) is 7.41. The van der Waals surface area contributed by atoms with E-state index < -0.39 is 12.1 Å². The van der Waals surface area contributed by atoms with Gasteiger partial charge in [-0.25, -0.2) is 4.98 Å². The molecule has 0 N–H and O–H groups in total. The summed E-state index contributed by atoms with van der Waals surface area (Å²) in [5, 5.41) is 7.81. The van der Waals surface area contributed by atoms with Crippen LogP contribution in [0.2, 0.25) is 0 Å². The van der Waals surface area contributed by atoms with Crippen molar-refractivity contribution in [2.75, 3.05) is 0 Å². The molecule has 0 bridgehead atoms. The van der Waals surface area contributed by atoms with Crippen LogP contribution in [0.25, 0.3) is 97.9 Å². The quantitative estimate of drug-likeness (QED) is 0.166. The molecule has 0 saturated carbocycles. The van der Waals surface area contributed by atoms with Crippen molar-refractivity contribution in [1.82, 2.24) is 14.6 Å². The molecule has 3 aromatic heterocycles. The predicted molar refractivity (Wildman–Crippen MR) is 225 cm³/mol. The Morgan fingerprint density at radius 3 is 2.26 bits per heavy atom. The minimum absolute atomic E-state index is 0.0108. The van der Waals surface area contributed by atoms with Crippen LogP contribution in [0.5, 0.6) is 0 Å². The molecule has 0 saturated heterocycles. The smallest absolute Gasteiger partial charge is 0.238 e. The molecular formula is C49H31N4S+. The molecule has 4 nitrogen and oxygen atoms in total. The minimum atomic E-state index is -0.464. The monoisotopic (exact) mass is 715 g/mol. The molecule has 5 heteroatoms. The molecule has 0 unspecified atom stereocenters. The summed E-state index contributed by atoms with van der Waals surface area (Å²) in [7, 11) is 0. The Morgan fingerprint density at radius 1 is 0.574 bits per heavy atom. The highest BCUT2D eigenvalue weighted by atomic mass is 32.1. The lowest BCUT2D eigenvalue weighted by Crippen LogP contribution is -2.36. The molecule has 0 aliphatic carbocycles. The van der Waals surface area contributed by atoms with Crippen molar-refractivity contribution in [1.29, 1.82) is 0 Å². The third kappa shape index (κ3) is 4.94. The molecule has 3 heterocycles. The second kappa shape index (κ2) is 12.3. The van der Waals surface area contributed by atoms with Gasteiger partial charge in [0.05, 0.1) is 27.7 Å². The normalized spacial score (nSPS) is 13.8. The number of nitrogens with zero attached hydrogens (tertiary/aromatic N) is 4. The highest BCUT2D eigenvalue weighted by molar-refractivity contribution is 7.26. The average molecular weight is 716 g/mol. The third-order valence-electron chi connectivity index (χ3n) is 9.89. The van der Waals surface area contributed by atoms with Gasteiger partial charge in [-0.1, -0.05) is 127 Å². The van der Waals surface area contributed by atoms with Crippen molar-refractivity contribution < 1.29 is 15.6 Å². The number of aromatic nitrogens is 4. The molecule has 11 aromatic rings. The summed E-state index contributed by atoms with van der Waals surface area (Å²) in [5.74, 6) is 0.456. The number of thiophene rings is 1. The highest BCUT2D eigenvalue weighted by Gasteiger charge is 2.22. The van der Waals surface area contributed by atoms with Gasteiger partial charge in [0, 0.05) is 70.4 Å². The van der Waals surface area contributed by atoms with Crippen LogP contribution in [0.1, 0.15) is 11.0 Å². The maximum Gasteiger partial charge on any atom is 0.238 e. The molecule has 252 valence electrons. The molecule has 54 heavy (non-hydrogen) atoms. The predicted octanol–water partition coefficient (Wildman–Crippen LogP) is 12.4. The molecule has 0 amide bonds. The lowest BCUT2D eigenvalue weighted by molar-refractivity contribution is -0.658. The Balaban J connectivity index is 1.28. The Bertz CT molecular complexity index is 3630. The van der Waals surface area contributed by atoms with Gasteiger partial charge < -0.3 is 4.57 Å². The molecule has 0 aliphatic rings. The number of para-hydroxylation sites is 2. The molecule has 0 atom stereocenters. The van der Waals surface area contributed by atoms with Gasteiger partial charge in [-0.15, -0.1) is 11.3 Å². The molecule has 11 rings (SSSR count). The summed E-state index contributed by atoms with van der Waals surface area (Å²) in [6.45, 7) is 0. The van der Waals surface area contributed by atoms with E-state index in [0.717, 1.165) is 42.6 Å². The number of fused-ring (bicyclic) bond motifs is 7. The molecule has 0 spiro atoms. The van der Waals surface area contributed by atoms with Crippen LogP contribution in [0, 0.1) is 0 Å². The van der Waals surface area contributed by atoms with Gasteiger partial charge in [-0.3, -0.25) is 0 Å². The fraction of sp³-hybridized carbons (Fsp3) is 0. The summed E-state index contributed by atoms with van der Waals surface area (Å²) >= 11 is 1.67. The van der Waals surface area contributed by atoms with Crippen molar-refractivity contribution in [3.05, 3.63) is 188 Å². The summed E-state index contributed by atoms with van der Waals surface area (Å²) < 4.78 is 77.3. The van der Waals surface area contributed by atoms with E-state index in [1.807, 2.05) is 113 Å². The summed E-state index contributed by atoms with van der Waals surface area (Å²) in [4.78, 5) is 5.13. The standard InChI is InChI=1S/C49H31N4S/c1-3-14-32(15-4-1)43-31-52(36-18-5-2-6-19-36)51-49(50-43)35-26-27-45(42(29-35)40-23-13-22-39-38-21-10-12-25-47(38)54-48(39)40)53-44-24-11-9-20-37(44)41-28-33-16-7-8-17-34(33)30-46(41)53/h1-31H/q+1/i7D,8D,9D,16D,17D,20D,24D,28D. The lowest BCUT2D eigenvalue weighted by atomic mass is 9.98. The Labute approximate surface area is 326 Å². The Hall–Kier alpha value is -6.95. The second-order valence-electron chi connectivity index (χ2n) is 13.0. The third-order valence-corrected chi connectivity index (χ3v) is 11.1. The van der Waals surface area contributed by atoms with Crippen molar-refractivity contribution in [3.63, 3.8) is 0 Å². The zero-order chi connectivity index (χ0) is 42.6. The number of benzene rings is 8. The van der Waals surface area contributed by atoms with Crippen LogP contribution in [-0.2, 0) is 0 Å². The van der Waals surface area contributed by atoms with Gasteiger partial charge in [0.2, 0.25) is 17.7 Å². The summed E-state index contributed by atoms with van der Waals surface area (Å²) in [6, 6.07) is 40.9. The first-order valence-corrected chi connectivity index (χ1v) is 18.3. The average Bonchev–Trinajstić information content (AvgIpc) is 3.87. The number of hydrogen-bond acceptors (Lipinski definition) is 3. The SMILES string of the molecule is [2H]c1cc([2H])c2c(c1[2H])c1c([2H])c3c([2H])c([2H])c([2H])c([2H])c3cc1n2-c1ccc(-c2nc(-c3ccccc3)c[n+](-c3ccccc3)n2)cc1-c1cccc2c1sc1ccccc12. The maximum absolute atomic E-state index is 9.56. The van der Waals surface area contributed by atoms with E-state index in [1.165, 1.54) is 6.07 Å². The van der Waals surface area contributed by atoms with Crippen molar-refractivity contribution in [2.45, 2.75) is 0 Å². The van der Waals surface area contributed by atoms with Gasteiger partial charge in [-0.2, -0.15) is 0 Å². The second-order valence-corrected chi connectivity index (χ2v) is 14.1. The lowest BCUT2D eigenvalue weighted by Gasteiger charge is -2.16. The minimum Gasteiger partial charge on any atom is -0.309 e. The van der Waals surface area contributed by atoms with E-state index in [1.54, 1.807) is 17.4 Å². The first-order valence-electron chi connectivity index (χ1n) is 21.5. The molecule has 0 radical (unpaired) electrons. The topological polar surface area (TPSA) is 34.6 Å². The van der Waals surface area contributed by atoms with Crippen LogP contribution in [0.15, 0.2) is 188 Å². The summed E-state index contributed by atoms with van der Waals surface area (Å²) in [5.41, 5.74) is 6.05. The van der Waals surface area contributed by atoms with E-state index in [2.05, 4.69) is 24.3 Å². The van der Waals surface area contributed by atoms with Crippen LogP contribution in [0.3, 0.4) is 0 Å².